The van der Waals surface area contributed by atoms with Crippen LogP contribution in [-0.4, -0.2) is 19.3 Å². The van der Waals surface area contributed by atoms with E-state index in [9.17, 15) is 5.11 Å². The molecule has 3 heteroatoms. The minimum absolute atomic E-state index is 0.253. The van der Waals surface area contributed by atoms with Crippen LogP contribution in [-0.2, 0) is 5.60 Å². The van der Waals surface area contributed by atoms with E-state index in [1.54, 1.807) is 14.2 Å². The van der Waals surface area contributed by atoms with Crippen molar-refractivity contribution in [1.82, 2.24) is 0 Å². The van der Waals surface area contributed by atoms with Crippen LogP contribution in [0.25, 0.3) is 0 Å². The Kier molecular flexibility index (Phi) is 3.29. The minimum atomic E-state index is -0.778. The summed E-state index contributed by atoms with van der Waals surface area (Å²) in [5, 5.41) is 10.8. The highest BCUT2D eigenvalue weighted by Crippen LogP contribution is 2.47. The Hall–Kier alpha value is -1.22. The number of benzene rings is 1. The molecule has 2 atom stereocenters. The van der Waals surface area contributed by atoms with Gasteiger partial charge in [0, 0.05) is 5.56 Å². The van der Waals surface area contributed by atoms with E-state index in [1.165, 1.54) is 0 Å². The van der Waals surface area contributed by atoms with Gasteiger partial charge in [-0.1, -0.05) is 6.92 Å². The quantitative estimate of drug-likeness (QED) is 0.877. The SMILES string of the molecule is COc1ccc(OC)c(C2(O)CCCC2C)c1. The van der Waals surface area contributed by atoms with Crippen molar-refractivity contribution in [2.24, 2.45) is 5.92 Å². The zero-order chi connectivity index (χ0) is 12.5. The highest BCUT2D eigenvalue weighted by Gasteiger charge is 2.41. The summed E-state index contributed by atoms with van der Waals surface area (Å²) in [5.41, 5.74) is 0.0734. The molecule has 0 saturated heterocycles. The second-order valence-electron chi connectivity index (χ2n) is 4.78. The Bertz CT molecular complexity index is 402. The van der Waals surface area contributed by atoms with Crippen LogP contribution in [0.3, 0.4) is 0 Å². The second kappa shape index (κ2) is 4.57. The first kappa shape index (κ1) is 12.2. The summed E-state index contributed by atoms with van der Waals surface area (Å²) in [5.74, 6) is 1.75. The molecule has 3 nitrogen and oxygen atoms in total. The summed E-state index contributed by atoms with van der Waals surface area (Å²) in [6, 6.07) is 5.60. The molecule has 17 heavy (non-hydrogen) atoms. The van der Waals surface area contributed by atoms with Crippen LogP contribution < -0.4 is 9.47 Å². The van der Waals surface area contributed by atoms with Gasteiger partial charge in [-0.15, -0.1) is 0 Å². The summed E-state index contributed by atoms with van der Waals surface area (Å²) < 4.78 is 10.6. The summed E-state index contributed by atoms with van der Waals surface area (Å²) in [6.07, 6.45) is 2.90. The molecule has 1 aromatic rings. The fourth-order valence-corrected chi connectivity index (χ4v) is 2.72. The molecule has 1 saturated carbocycles. The van der Waals surface area contributed by atoms with Crippen LogP contribution in [0.4, 0.5) is 0 Å². The predicted molar refractivity (Wildman–Crippen MR) is 66.5 cm³/mol. The van der Waals surface area contributed by atoms with Gasteiger partial charge in [-0.3, -0.25) is 0 Å². The minimum Gasteiger partial charge on any atom is -0.497 e. The Morgan fingerprint density at radius 3 is 2.59 bits per heavy atom. The van der Waals surface area contributed by atoms with Gasteiger partial charge in [0.2, 0.25) is 0 Å². The molecule has 1 fully saturated rings. The maximum atomic E-state index is 10.8. The molecule has 1 aliphatic rings. The van der Waals surface area contributed by atoms with Crippen LogP contribution in [0.15, 0.2) is 18.2 Å². The monoisotopic (exact) mass is 236 g/mol. The van der Waals surface area contributed by atoms with Crippen molar-refractivity contribution in [3.05, 3.63) is 23.8 Å². The lowest BCUT2D eigenvalue weighted by Gasteiger charge is -2.30. The number of methoxy groups -OCH3 is 2. The highest BCUT2D eigenvalue weighted by atomic mass is 16.5. The second-order valence-corrected chi connectivity index (χ2v) is 4.78. The van der Waals surface area contributed by atoms with Gasteiger partial charge < -0.3 is 14.6 Å². The largest absolute Gasteiger partial charge is 0.497 e. The molecule has 2 unspecified atom stereocenters. The average Bonchev–Trinajstić information content (AvgIpc) is 2.70. The molecule has 1 aliphatic carbocycles. The molecule has 0 aromatic heterocycles. The zero-order valence-electron chi connectivity index (χ0n) is 10.7. The van der Waals surface area contributed by atoms with Crippen molar-refractivity contribution < 1.29 is 14.6 Å². The van der Waals surface area contributed by atoms with Crippen LogP contribution in [0, 0.1) is 5.92 Å². The Balaban J connectivity index is 2.48. The number of rotatable bonds is 3. The molecule has 0 amide bonds. The number of ether oxygens (including phenoxy) is 2. The van der Waals surface area contributed by atoms with Gasteiger partial charge in [0.15, 0.2) is 0 Å². The van der Waals surface area contributed by atoms with Gasteiger partial charge in [-0.2, -0.15) is 0 Å². The van der Waals surface area contributed by atoms with Gasteiger partial charge in [-0.25, -0.2) is 0 Å². The third-order valence-corrected chi connectivity index (χ3v) is 3.88. The van der Waals surface area contributed by atoms with Crippen molar-refractivity contribution in [3.8, 4) is 11.5 Å². The standard InChI is InChI=1S/C14H20O3/c1-10-5-4-8-14(10,15)12-9-11(16-2)6-7-13(12)17-3/h6-7,9-10,15H,4-5,8H2,1-3H3. The van der Waals surface area contributed by atoms with Crippen molar-refractivity contribution in [3.63, 3.8) is 0 Å². The molecule has 0 heterocycles. The topological polar surface area (TPSA) is 38.7 Å². The molecule has 1 aromatic carbocycles. The van der Waals surface area contributed by atoms with E-state index in [4.69, 9.17) is 9.47 Å². The molecule has 0 bridgehead atoms. The van der Waals surface area contributed by atoms with Gasteiger partial charge in [0.25, 0.3) is 0 Å². The maximum absolute atomic E-state index is 10.8. The summed E-state index contributed by atoms with van der Waals surface area (Å²) in [6.45, 7) is 2.09. The summed E-state index contributed by atoms with van der Waals surface area (Å²) >= 11 is 0. The molecule has 2 rings (SSSR count). The Labute approximate surface area is 102 Å². The van der Waals surface area contributed by atoms with E-state index >= 15 is 0 Å². The number of hydrogen-bond acceptors (Lipinski definition) is 3. The molecule has 94 valence electrons. The van der Waals surface area contributed by atoms with Crippen molar-refractivity contribution in [2.45, 2.75) is 31.8 Å². The van der Waals surface area contributed by atoms with E-state index in [0.29, 0.717) is 0 Å². The van der Waals surface area contributed by atoms with E-state index in [1.807, 2.05) is 18.2 Å². The smallest absolute Gasteiger partial charge is 0.125 e. The van der Waals surface area contributed by atoms with E-state index in [-0.39, 0.29) is 5.92 Å². The van der Waals surface area contributed by atoms with Crippen LogP contribution in [0.1, 0.15) is 31.7 Å². The lowest BCUT2D eigenvalue weighted by molar-refractivity contribution is 0.00223. The van der Waals surface area contributed by atoms with E-state index in [2.05, 4.69) is 6.92 Å². The Morgan fingerprint density at radius 1 is 1.29 bits per heavy atom. The van der Waals surface area contributed by atoms with E-state index in [0.717, 1.165) is 36.3 Å². The van der Waals surface area contributed by atoms with Crippen LogP contribution >= 0.6 is 0 Å². The Morgan fingerprint density at radius 2 is 2.06 bits per heavy atom. The van der Waals surface area contributed by atoms with Gasteiger partial charge in [0.05, 0.1) is 19.8 Å². The normalized spacial score (nSPS) is 28.1. The maximum Gasteiger partial charge on any atom is 0.125 e. The van der Waals surface area contributed by atoms with E-state index < -0.39 is 5.60 Å². The fraction of sp³-hybridized carbons (Fsp3) is 0.571. The van der Waals surface area contributed by atoms with Gasteiger partial charge in [-0.05, 0) is 43.4 Å². The molecule has 0 aliphatic heterocycles. The third-order valence-electron chi connectivity index (χ3n) is 3.88. The fourth-order valence-electron chi connectivity index (χ4n) is 2.72. The zero-order valence-corrected chi connectivity index (χ0v) is 10.7. The first-order chi connectivity index (χ1) is 8.11. The van der Waals surface area contributed by atoms with Crippen molar-refractivity contribution >= 4 is 0 Å². The van der Waals surface area contributed by atoms with Gasteiger partial charge >= 0.3 is 0 Å². The molecule has 0 radical (unpaired) electrons. The average molecular weight is 236 g/mol. The van der Waals surface area contributed by atoms with Crippen LogP contribution in [0.2, 0.25) is 0 Å². The summed E-state index contributed by atoms with van der Waals surface area (Å²) in [7, 11) is 3.27. The molecular formula is C14H20O3. The number of aliphatic hydroxyl groups is 1. The summed E-state index contributed by atoms with van der Waals surface area (Å²) in [4.78, 5) is 0. The van der Waals surface area contributed by atoms with Crippen molar-refractivity contribution in [1.29, 1.82) is 0 Å². The first-order valence-electron chi connectivity index (χ1n) is 6.06. The lowest BCUT2D eigenvalue weighted by Crippen LogP contribution is -2.29. The molecule has 0 spiro atoms. The van der Waals surface area contributed by atoms with Gasteiger partial charge in [0.1, 0.15) is 11.5 Å². The molecule has 1 N–H and O–H groups in total. The third kappa shape index (κ3) is 2.00. The molecular weight excluding hydrogens is 216 g/mol. The highest BCUT2D eigenvalue weighted by molar-refractivity contribution is 5.44. The number of hydrogen-bond donors (Lipinski definition) is 1. The first-order valence-corrected chi connectivity index (χ1v) is 6.06. The van der Waals surface area contributed by atoms with Crippen molar-refractivity contribution in [2.75, 3.05) is 14.2 Å². The predicted octanol–water partition coefficient (Wildman–Crippen LogP) is 2.71. The van der Waals surface area contributed by atoms with Crippen LogP contribution in [0.5, 0.6) is 11.5 Å². The lowest BCUT2D eigenvalue weighted by atomic mass is 9.84.